The van der Waals surface area contributed by atoms with E-state index in [1.54, 1.807) is 7.11 Å². The van der Waals surface area contributed by atoms with Crippen LogP contribution in [-0.2, 0) is 17.8 Å². The largest absolute Gasteiger partial charge is 0.377 e. The minimum Gasteiger partial charge on any atom is -0.377 e. The fourth-order valence-corrected chi connectivity index (χ4v) is 2.28. The second kappa shape index (κ2) is 6.59. The average molecular weight is 274 g/mol. The molecule has 1 aromatic heterocycles. The van der Waals surface area contributed by atoms with Crippen LogP contribution >= 0.6 is 12.2 Å². The maximum absolute atomic E-state index is 5.20. The lowest BCUT2D eigenvalue weighted by molar-refractivity contribution is 0.177. The van der Waals surface area contributed by atoms with E-state index >= 15 is 0 Å². The molecule has 0 amide bonds. The van der Waals surface area contributed by atoms with Crippen molar-refractivity contribution in [2.75, 3.05) is 7.11 Å². The number of benzene rings is 1. The van der Waals surface area contributed by atoms with Crippen molar-refractivity contribution < 1.29 is 4.74 Å². The van der Waals surface area contributed by atoms with E-state index in [0.29, 0.717) is 11.2 Å². The van der Waals surface area contributed by atoms with Crippen molar-refractivity contribution in [2.24, 2.45) is 0 Å². The Morgan fingerprint density at radius 3 is 2.89 bits per heavy atom. The fourth-order valence-electron chi connectivity index (χ4n) is 2.05. The van der Waals surface area contributed by atoms with Gasteiger partial charge in [-0.25, -0.2) is 4.98 Å². The zero-order valence-electron chi connectivity index (χ0n) is 11.3. The van der Waals surface area contributed by atoms with E-state index in [1.165, 1.54) is 5.56 Å². The smallest absolute Gasteiger partial charge is 0.134 e. The molecule has 0 unspecified atom stereocenters. The lowest BCUT2D eigenvalue weighted by Crippen LogP contribution is -1.99. The Balaban J connectivity index is 2.40. The predicted molar refractivity (Wildman–Crippen MR) is 79.6 cm³/mol. The van der Waals surface area contributed by atoms with Gasteiger partial charge in [0, 0.05) is 12.8 Å². The number of aromatic amines is 1. The van der Waals surface area contributed by atoms with Crippen molar-refractivity contribution in [3.8, 4) is 11.3 Å². The third-order valence-corrected chi connectivity index (χ3v) is 3.06. The number of nitrogens with zero attached hydrogens (tertiary/aromatic N) is 1. The molecule has 1 aromatic carbocycles. The highest BCUT2D eigenvalue weighted by Crippen LogP contribution is 2.19. The first kappa shape index (κ1) is 13.9. The Morgan fingerprint density at radius 1 is 1.32 bits per heavy atom. The van der Waals surface area contributed by atoms with E-state index in [4.69, 9.17) is 17.0 Å². The van der Waals surface area contributed by atoms with Crippen LogP contribution in [0.15, 0.2) is 30.3 Å². The van der Waals surface area contributed by atoms with E-state index in [-0.39, 0.29) is 0 Å². The Morgan fingerprint density at radius 2 is 2.16 bits per heavy atom. The summed E-state index contributed by atoms with van der Waals surface area (Å²) < 4.78 is 5.68. The van der Waals surface area contributed by atoms with Gasteiger partial charge in [-0.1, -0.05) is 43.8 Å². The van der Waals surface area contributed by atoms with E-state index in [2.05, 4.69) is 41.2 Å². The molecule has 100 valence electrons. The Labute approximate surface area is 118 Å². The molecule has 1 N–H and O–H groups in total. The van der Waals surface area contributed by atoms with E-state index < -0.39 is 0 Å². The van der Waals surface area contributed by atoms with Gasteiger partial charge in [0.05, 0.1) is 0 Å². The predicted octanol–water partition coefficient (Wildman–Crippen LogP) is 3.91. The first-order valence-corrected chi connectivity index (χ1v) is 6.82. The zero-order chi connectivity index (χ0) is 13.7. The number of nitrogens with one attached hydrogen (secondary N) is 1. The van der Waals surface area contributed by atoms with Crippen molar-refractivity contribution >= 4 is 12.2 Å². The SMILES string of the molecule is CCCc1cccc(-c2cc(=S)nc(COC)[nH]2)c1. The first-order valence-electron chi connectivity index (χ1n) is 6.41. The molecule has 19 heavy (non-hydrogen) atoms. The minimum absolute atomic E-state index is 0.437. The maximum Gasteiger partial charge on any atom is 0.134 e. The van der Waals surface area contributed by atoms with Crippen LogP contribution in [-0.4, -0.2) is 17.1 Å². The van der Waals surface area contributed by atoms with Crippen molar-refractivity contribution in [2.45, 2.75) is 26.4 Å². The van der Waals surface area contributed by atoms with Gasteiger partial charge in [-0.3, -0.25) is 0 Å². The van der Waals surface area contributed by atoms with Crippen LogP contribution in [0, 0.1) is 4.64 Å². The fraction of sp³-hybridized carbons (Fsp3) is 0.333. The summed E-state index contributed by atoms with van der Waals surface area (Å²) in [6, 6.07) is 10.4. The molecule has 0 saturated carbocycles. The van der Waals surface area contributed by atoms with Crippen molar-refractivity contribution in [3.05, 3.63) is 46.4 Å². The third-order valence-electron chi connectivity index (χ3n) is 2.85. The van der Waals surface area contributed by atoms with Gasteiger partial charge < -0.3 is 9.72 Å². The topological polar surface area (TPSA) is 37.9 Å². The molecule has 0 aliphatic carbocycles. The summed E-state index contributed by atoms with van der Waals surface area (Å²) in [6.45, 7) is 2.62. The molecule has 2 aromatic rings. The highest BCUT2D eigenvalue weighted by Gasteiger charge is 2.03. The van der Waals surface area contributed by atoms with Crippen LogP contribution < -0.4 is 0 Å². The quantitative estimate of drug-likeness (QED) is 0.840. The van der Waals surface area contributed by atoms with Gasteiger partial charge in [0.2, 0.25) is 0 Å². The molecule has 0 radical (unpaired) electrons. The average Bonchev–Trinajstić information content (AvgIpc) is 2.39. The summed E-state index contributed by atoms with van der Waals surface area (Å²) >= 11 is 5.20. The summed E-state index contributed by atoms with van der Waals surface area (Å²) in [6.07, 6.45) is 2.23. The Bertz CT molecular complexity index is 607. The molecule has 4 heteroatoms. The molecular formula is C15H18N2OS. The zero-order valence-corrected chi connectivity index (χ0v) is 12.1. The molecule has 0 bridgehead atoms. The van der Waals surface area contributed by atoms with Crippen LogP contribution in [0.3, 0.4) is 0 Å². The molecular weight excluding hydrogens is 256 g/mol. The van der Waals surface area contributed by atoms with Gasteiger partial charge >= 0.3 is 0 Å². The molecule has 0 aliphatic heterocycles. The molecule has 2 rings (SSSR count). The Hall–Kier alpha value is -1.52. The summed E-state index contributed by atoms with van der Waals surface area (Å²) in [7, 11) is 1.65. The number of H-pyrrole nitrogens is 1. The molecule has 0 saturated heterocycles. The number of hydrogen-bond donors (Lipinski definition) is 1. The van der Waals surface area contributed by atoms with Gasteiger partial charge in [0.15, 0.2) is 0 Å². The van der Waals surface area contributed by atoms with Crippen molar-refractivity contribution in [3.63, 3.8) is 0 Å². The molecule has 0 fully saturated rings. The molecule has 0 spiro atoms. The highest BCUT2D eigenvalue weighted by atomic mass is 32.1. The van der Waals surface area contributed by atoms with Crippen LogP contribution in [0.5, 0.6) is 0 Å². The lowest BCUT2D eigenvalue weighted by atomic mass is 10.0. The summed E-state index contributed by atoms with van der Waals surface area (Å²) in [5.74, 6) is 0.755. The number of methoxy groups -OCH3 is 1. The van der Waals surface area contributed by atoms with Crippen LogP contribution in [0.1, 0.15) is 24.7 Å². The lowest BCUT2D eigenvalue weighted by Gasteiger charge is -2.07. The minimum atomic E-state index is 0.437. The van der Waals surface area contributed by atoms with Gasteiger partial charge in [0.1, 0.15) is 17.1 Å². The van der Waals surface area contributed by atoms with Gasteiger partial charge in [0.25, 0.3) is 0 Å². The van der Waals surface area contributed by atoms with Gasteiger partial charge in [-0.15, -0.1) is 0 Å². The molecule has 0 atom stereocenters. The standard InChI is InChI=1S/C15H18N2OS/c1-3-5-11-6-4-7-12(8-11)13-9-15(19)17-14(16-13)10-18-2/h4,6-9H,3,5,10H2,1-2H3,(H,16,17,19). The van der Waals surface area contributed by atoms with E-state index in [9.17, 15) is 0 Å². The summed E-state index contributed by atoms with van der Waals surface area (Å²) in [5, 5.41) is 0. The van der Waals surface area contributed by atoms with Crippen LogP contribution in [0.25, 0.3) is 11.3 Å². The van der Waals surface area contributed by atoms with Crippen LogP contribution in [0.2, 0.25) is 0 Å². The second-order valence-corrected chi connectivity index (χ2v) is 4.88. The second-order valence-electron chi connectivity index (χ2n) is 4.46. The molecule has 0 aliphatic rings. The van der Waals surface area contributed by atoms with Crippen molar-refractivity contribution in [1.82, 2.24) is 9.97 Å². The Kier molecular flexibility index (Phi) is 4.82. The number of aromatic nitrogens is 2. The number of aryl methyl sites for hydroxylation is 1. The summed E-state index contributed by atoms with van der Waals surface area (Å²) in [5.41, 5.74) is 3.46. The van der Waals surface area contributed by atoms with E-state index in [1.807, 2.05) is 6.07 Å². The molecule has 3 nitrogen and oxygen atoms in total. The normalized spacial score (nSPS) is 10.6. The monoisotopic (exact) mass is 274 g/mol. The molecule has 1 heterocycles. The number of rotatable bonds is 5. The van der Waals surface area contributed by atoms with Gasteiger partial charge in [-0.05, 0) is 29.7 Å². The number of ether oxygens (including phenoxy) is 1. The summed E-state index contributed by atoms with van der Waals surface area (Å²) in [4.78, 5) is 7.51. The van der Waals surface area contributed by atoms with Crippen LogP contribution in [0.4, 0.5) is 0 Å². The van der Waals surface area contributed by atoms with E-state index in [0.717, 1.165) is 29.9 Å². The third kappa shape index (κ3) is 3.72. The van der Waals surface area contributed by atoms with Gasteiger partial charge in [-0.2, -0.15) is 0 Å². The number of hydrogen-bond acceptors (Lipinski definition) is 3. The highest BCUT2D eigenvalue weighted by molar-refractivity contribution is 7.71. The maximum atomic E-state index is 5.20. The first-order chi connectivity index (χ1) is 9.22. The van der Waals surface area contributed by atoms with Crippen molar-refractivity contribution in [1.29, 1.82) is 0 Å².